The molecule has 0 saturated heterocycles. The molecule has 0 fully saturated rings. The lowest BCUT2D eigenvalue weighted by molar-refractivity contribution is 0.359. The molecule has 0 bridgehead atoms. The molecule has 3 heteroatoms. The summed E-state index contributed by atoms with van der Waals surface area (Å²) in [5.74, 6) is 0.0276. The Morgan fingerprint density at radius 3 is 1.15 bits per heavy atom. The summed E-state index contributed by atoms with van der Waals surface area (Å²) >= 11 is 7.04. The van der Waals surface area contributed by atoms with Gasteiger partial charge in [0.05, 0.1) is 0 Å². The van der Waals surface area contributed by atoms with Gasteiger partial charge in [0.1, 0.15) is 0 Å². The second kappa shape index (κ2) is 9.38. The molecule has 33 heavy (non-hydrogen) atoms. The van der Waals surface area contributed by atoms with Crippen LogP contribution in [-0.4, -0.2) is 0 Å². The van der Waals surface area contributed by atoms with Crippen molar-refractivity contribution in [2.24, 2.45) is 0 Å². The molecular formula is C30H19Br2O. The molecule has 1 radical (unpaired) electrons. The van der Waals surface area contributed by atoms with Gasteiger partial charge in [0.2, 0.25) is 0 Å². The number of hydrogen-bond acceptors (Lipinski definition) is 0. The Labute approximate surface area is 210 Å². The lowest BCUT2D eigenvalue weighted by Crippen LogP contribution is -1.93. The van der Waals surface area contributed by atoms with Crippen molar-refractivity contribution in [3.8, 4) is 50.3 Å². The first-order valence-corrected chi connectivity index (χ1v) is 12.2. The smallest absolute Gasteiger partial charge is 0.195 e. The zero-order valence-electron chi connectivity index (χ0n) is 17.6. The van der Waals surface area contributed by atoms with Crippen molar-refractivity contribution in [1.29, 1.82) is 0 Å². The Hall–Kier alpha value is -3.14. The van der Waals surface area contributed by atoms with Gasteiger partial charge >= 0.3 is 0 Å². The summed E-state index contributed by atoms with van der Waals surface area (Å²) in [6, 6.07) is 38.4. The molecule has 0 spiro atoms. The summed E-state index contributed by atoms with van der Waals surface area (Å²) in [5.41, 5.74) is 7.14. The van der Waals surface area contributed by atoms with Crippen molar-refractivity contribution < 1.29 is 5.11 Å². The van der Waals surface area contributed by atoms with Crippen LogP contribution in [0.1, 0.15) is 0 Å². The normalized spacial score (nSPS) is 10.8. The maximum absolute atomic E-state index is 14.3. The summed E-state index contributed by atoms with van der Waals surface area (Å²) in [6.45, 7) is 0. The number of hydrogen-bond donors (Lipinski definition) is 0. The monoisotopic (exact) mass is 553 g/mol. The maximum atomic E-state index is 14.3. The van der Waals surface area contributed by atoms with Gasteiger partial charge in [-0.05, 0) is 63.7 Å². The molecule has 0 atom stereocenters. The first-order valence-electron chi connectivity index (χ1n) is 10.6. The zero-order chi connectivity index (χ0) is 22.8. The molecular weight excluding hydrogens is 536 g/mol. The molecule has 0 aliphatic carbocycles. The van der Waals surface area contributed by atoms with Crippen LogP contribution in [0.2, 0.25) is 0 Å². The minimum atomic E-state index is 0.0276. The summed E-state index contributed by atoms with van der Waals surface area (Å²) in [5, 5.41) is 14.3. The lowest BCUT2D eigenvalue weighted by Gasteiger charge is -2.19. The van der Waals surface area contributed by atoms with Crippen molar-refractivity contribution in [1.82, 2.24) is 0 Å². The van der Waals surface area contributed by atoms with Crippen LogP contribution >= 0.6 is 31.9 Å². The second-order valence-electron chi connectivity index (χ2n) is 7.80. The summed E-state index contributed by atoms with van der Waals surface area (Å²) < 4.78 is 1.96. The van der Waals surface area contributed by atoms with Gasteiger partial charge in [0.25, 0.3) is 0 Å². The van der Waals surface area contributed by atoms with Gasteiger partial charge in [0.15, 0.2) is 5.75 Å². The van der Waals surface area contributed by atoms with E-state index in [1.54, 1.807) is 0 Å². The van der Waals surface area contributed by atoms with Crippen molar-refractivity contribution in [2.75, 3.05) is 0 Å². The number of halogens is 2. The minimum Gasteiger partial charge on any atom is -0.289 e. The Balaban J connectivity index is 1.89. The third-order valence-corrected chi connectivity index (χ3v) is 6.77. The Morgan fingerprint density at radius 2 is 0.788 bits per heavy atom. The van der Waals surface area contributed by atoms with E-state index in [-0.39, 0.29) is 5.75 Å². The first-order chi connectivity index (χ1) is 16.1. The van der Waals surface area contributed by atoms with Gasteiger partial charge in [-0.25, -0.2) is 0 Å². The predicted molar refractivity (Wildman–Crippen MR) is 144 cm³/mol. The molecule has 0 N–H and O–H groups in total. The van der Waals surface area contributed by atoms with E-state index >= 15 is 0 Å². The van der Waals surface area contributed by atoms with Crippen LogP contribution in [0.4, 0.5) is 0 Å². The van der Waals surface area contributed by atoms with E-state index in [0.29, 0.717) is 11.1 Å². The third kappa shape index (κ3) is 4.39. The third-order valence-electron chi connectivity index (χ3n) is 5.72. The molecule has 5 aromatic carbocycles. The molecule has 159 valence electrons. The van der Waals surface area contributed by atoms with Crippen LogP contribution < -0.4 is 0 Å². The number of rotatable bonds is 4. The van der Waals surface area contributed by atoms with Crippen LogP contribution in [-0.2, 0) is 5.11 Å². The van der Waals surface area contributed by atoms with Gasteiger partial charge in [-0.15, -0.1) is 0 Å². The van der Waals surface area contributed by atoms with Crippen molar-refractivity contribution in [3.05, 3.63) is 124 Å². The Kier molecular flexibility index (Phi) is 6.17. The van der Waals surface area contributed by atoms with Crippen molar-refractivity contribution >= 4 is 31.9 Å². The summed E-state index contributed by atoms with van der Waals surface area (Å²) in [4.78, 5) is 0. The van der Waals surface area contributed by atoms with E-state index in [2.05, 4.69) is 62.2 Å². The van der Waals surface area contributed by atoms with E-state index in [0.717, 1.165) is 42.3 Å². The van der Waals surface area contributed by atoms with Gasteiger partial charge in [-0.1, -0.05) is 117 Å². The molecule has 0 heterocycles. The van der Waals surface area contributed by atoms with Crippen LogP contribution in [0.25, 0.3) is 44.5 Å². The lowest BCUT2D eigenvalue weighted by atomic mass is 9.84. The van der Waals surface area contributed by atoms with Gasteiger partial charge in [-0.3, -0.25) is 5.11 Å². The Morgan fingerprint density at radius 1 is 0.424 bits per heavy atom. The summed E-state index contributed by atoms with van der Waals surface area (Å²) in [7, 11) is 0. The average Bonchev–Trinajstić information content (AvgIpc) is 2.86. The highest BCUT2D eigenvalue weighted by Crippen LogP contribution is 2.50. The van der Waals surface area contributed by atoms with Crippen LogP contribution in [0.3, 0.4) is 0 Å². The molecule has 0 aliphatic heterocycles. The van der Waals surface area contributed by atoms with E-state index in [4.69, 9.17) is 0 Å². The largest absolute Gasteiger partial charge is 0.289 e. The minimum absolute atomic E-state index is 0.0276. The van der Waals surface area contributed by atoms with Gasteiger partial charge in [0, 0.05) is 20.1 Å². The maximum Gasteiger partial charge on any atom is 0.195 e. The fourth-order valence-corrected chi connectivity index (χ4v) is 4.68. The molecule has 0 amide bonds. The van der Waals surface area contributed by atoms with Gasteiger partial charge < -0.3 is 0 Å². The van der Waals surface area contributed by atoms with Crippen molar-refractivity contribution in [2.45, 2.75) is 0 Å². The fourth-order valence-electron chi connectivity index (χ4n) is 4.16. The first kappa shape index (κ1) is 21.7. The van der Waals surface area contributed by atoms with Gasteiger partial charge in [-0.2, -0.15) is 0 Å². The van der Waals surface area contributed by atoms with Crippen LogP contribution in [0, 0.1) is 0 Å². The molecule has 5 rings (SSSR count). The van der Waals surface area contributed by atoms with E-state index < -0.39 is 0 Å². The van der Waals surface area contributed by atoms with E-state index in [1.807, 2.05) is 84.9 Å². The van der Waals surface area contributed by atoms with E-state index in [1.165, 1.54) is 0 Å². The molecule has 1 nitrogen and oxygen atoms in total. The van der Waals surface area contributed by atoms with E-state index in [9.17, 15) is 5.11 Å². The number of benzene rings is 5. The molecule has 0 saturated carbocycles. The highest BCUT2D eigenvalue weighted by atomic mass is 79.9. The molecule has 0 unspecified atom stereocenters. The SMILES string of the molecule is [O]c1c(-c2ccc(Br)cc2)c(-c2ccccc2)cc(-c2ccccc2)c1-c1ccc(Br)cc1. The zero-order valence-corrected chi connectivity index (χ0v) is 20.8. The topological polar surface area (TPSA) is 19.9 Å². The second-order valence-corrected chi connectivity index (χ2v) is 9.63. The van der Waals surface area contributed by atoms with Crippen molar-refractivity contribution in [3.63, 3.8) is 0 Å². The van der Waals surface area contributed by atoms with Crippen LogP contribution in [0.15, 0.2) is 124 Å². The predicted octanol–water partition coefficient (Wildman–Crippen LogP) is 10.0. The highest BCUT2D eigenvalue weighted by Gasteiger charge is 2.23. The molecule has 5 aromatic rings. The van der Waals surface area contributed by atoms with Crippen LogP contribution in [0.5, 0.6) is 5.75 Å². The molecule has 0 aromatic heterocycles. The standard InChI is InChI=1S/C30H19Br2O/c31-24-15-11-22(12-16-24)28-26(20-7-3-1-4-8-20)19-27(21-9-5-2-6-10-21)29(30(28)33)23-13-17-25(32)18-14-23/h1-19H. The highest BCUT2D eigenvalue weighted by molar-refractivity contribution is 9.10. The Bertz CT molecular complexity index is 1290. The summed E-state index contributed by atoms with van der Waals surface area (Å²) in [6.07, 6.45) is 0. The quantitative estimate of drug-likeness (QED) is 0.210. The average molecular weight is 555 g/mol. The molecule has 0 aliphatic rings. The fraction of sp³-hybridized carbons (Fsp3) is 0.